The molecule has 1 heterocycles. The lowest BCUT2D eigenvalue weighted by molar-refractivity contribution is 0.453. The van der Waals surface area contributed by atoms with E-state index in [9.17, 15) is 5.11 Å². The molecule has 2 rings (SSSR count). The number of hydrogen-bond donors (Lipinski definition) is 2. The van der Waals surface area contributed by atoms with Crippen LogP contribution in [0.3, 0.4) is 0 Å². The van der Waals surface area contributed by atoms with Gasteiger partial charge in [-0.3, -0.25) is 0 Å². The molecule has 0 fully saturated rings. The molecule has 0 radical (unpaired) electrons. The van der Waals surface area contributed by atoms with Crippen molar-refractivity contribution >= 4 is 13.2 Å². The Hall–Kier alpha value is -1.01. The van der Waals surface area contributed by atoms with E-state index in [2.05, 4.69) is 11.9 Å². The number of phenolic OH excluding ortho intramolecular Hbond substituents is 2. The van der Waals surface area contributed by atoms with Gasteiger partial charge >= 0.3 is 0 Å². The minimum atomic E-state index is -0.342. The molecule has 0 aromatic heterocycles. The number of benzene rings is 1. The lowest BCUT2D eigenvalue weighted by Gasteiger charge is -2.18. The van der Waals surface area contributed by atoms with Crippen molar-refractivity contribution in [2.75, 3.05) is 6.16 Å². The van der Waals surface area contributed by atoms with Crippen LogP contribution in [0.5, 0.6) is 11.5 Å². The Morgan fingerprint density at radius 3 is 2.71 bits per heavy atom. The zero-order chi connectivity index (χ0) is 9.97. The molecular weight excluding hydrogens is 195 g/mol. The molecule has 0 aliphatic carbocycles. The minimum Gasteiger partial charge on any atom is -0.508 e. The highest BCUT2D eigenvalue weighted by atomic mass is 31.1. The third kappa shape index (κ3) is 1.91. The van der Waals surface area contributed by atoms with Gasteiger partial charge in [-0.15, -0.1) is 0 Å². The standard InChI is InChI=1S/C11H13O2P/c12-9-4-5-11(10(13)8-9)14-6-2-1-3-7-14/h2,4-6,8,12-13H,1,3,7H2. The summed E-state index contributed by atoms with van der Waals surface area (Å²) >= 11 is 0. The second-order valence-corrected chi connectivity index (χ2v) is 5.56. The van der Waals surface area contributed by atoms with Gasteiger partial charge < -0.3 is 10.2 Å². The van der Waals surface area contributed by atoms with Crippen molar-refractivity contribution in [2.24, 2.45) is 0 Å². The van der Waals surface area contributed by atoms with E-state index in [1.54, 1.807) is 6.07 Å². The molecule has 0 bridgehead atoms. The van der Waals surface area contributed by atoms with Gasteiger partial charge in [0.1, 0.15) is 11.5 Å². The number of allylic oxidation sites excluding steroid dienone is 1. The monoisotopic (exact) mass is 208 g/mol. The summed E-state index contributed by atoms with van der Waals surface area (Å²) in [6.07, 6.45) is 5.67. The van der Waals surface area contributed by atoms with Gasteiger partial charge in [0, 0.05) is 11.4 Å². The fourth-order valence-electron chi connectivity index (χ4n) is 1.61. The highest BCUT2D eigenvalue weighted by Gasteiger charge is 2.14. The summed E-state index contributed by atoms with van der Waals surface area (Å²) in [4.78, 5) is 0. The first kappa shape index (κ1) is 9.54. The van der Waals surface area contributed by atoms with Crippen LogP contribution in [0.4, 0.5) is 0 Å². The molecule has 1 unspecified atom stereocenters. The van der Waals surface area contributed by atoms with Crippen molar-refractivity contribution in [1.29, 1.82) is 0 Å². The summed E-state index contributed by atoms with van der Waals surface area (Å²) in [5, 5.41) is 19.8. The SMILES string of the molecule is Oc1ccc(P2C=CCCC2)c(O)c1. The van der Waals surface area contributed by atoms with E-state index >= 15 is 0 Å². The van der Waals surface area contributed by atoms with Gasteiger partial charge in [-0.2, -0.15) is 0 Å². The van der Waals surface area contributed by atoms with Crippen LogP contribution in [-0.2, 0) is 0 Å². The van der Waals surface area contributed by atoms with E-state index in [0.29, 0.717) is 0 Å². The second-order valence-electron chi connectivity index (χ2n) is 3.39. The van der Waals surface area contributed by atoms with Crippen molar-refractivity contribution in [1.82, 2.24) is 0 Å². The van der Waals surface area contributed by atoms with Gasteiger partial charge in [-0.25, -0.2) is 0 Å². The Morgan fingerprint density at radius 1 is 1.21 bits per heavy atom. The lowest BCUT2D eigenvalue weighted by atomic mass is 10.3. The topological polar surface area (TPSA) is 40.5 Å². The van der Waals surface area contributed by atoms with E-state index < -0.39 is 0 Å². The van der Waals surface area contributed by atoms with Crippen LogP contribution in [0, 0.1) is 0 Å². The summed E-state index contributed by atoms with van der Waals surface area (Å²) in [6.45, 7) is 0. The molecular formula is C11H13O2P. The van der Waals surface area contributed by atoms with Crippen LogP contribution in [0.1, 0.15) is 12.8 Å². The Balaban J connectivity index is 2.31. The van der Waals surface area contributed by atoms with Crippen molar-refractivity contribution in [2.45, 2.75) is 12.8 Å². The quantitative estimate of drug-likeness (QED) is 0.696. The molecule has 74 valence electrons. The smallest absolute Gasteiger partial charge is 0.127 e. The third-order valence-electron chi connectivity index (χ3n) is 2.32. The van der Waals surface area contributed by atoms with E-state index in [-0.39, 0.29) is 19.4 Å². The molecule has 14 heavy (non-hydrogen) atoms. The number of hydrogen-bond acceptors (Lipinski definition) is 2. The van der Waals surface area contributed by atoms with Crippen LogP contribution in [0.25, 0.3) is 0 Å². The predicted octanol–water partition coefficient (Wildman–Crippen LogP) is 2.51. The first-order valence-corrected chi connectivity index (χ1v) is 6.32. The largest absolute Gasteiger partial charge is 0.508 e. The Kier molecular flexibility index (Phi) is 2.74. The van der Waals surface area contributed by atoms with E-state index in [1.165, 1.54) is 12.5 Å². The molecule has 2 nitrogen and oxygen atoms in total. The Bertz CT molecular complexity index is 360. The molecule has 1 aliphatic rings. The Morgan fingerprint density at radius 2 is 2.07 bits per heavy atom. The van der Waals surface area contributed by atoms with E-state index in [4.69, 9.17) is 5.11 Å². The molecule has 0 spiro atoms. The average Bonchev–Trinajstić information content (AvgIpc) is 2.19. The summed E-state index contributed by atoms with van der Waals surface area (Å²) in [6, 6.07) is 4.88. The highest BCUT2D eigenvalue weighted by Crippen LogP contribution is 2.43. The minimum absolute atomic E-state index is 0.127. The fourth-order valence-corrected chi connectivity index (χ4v) is 3.71. The van der Waals surface area contributed by atoms with Gasteiger partial charge in [-0.05, 0) is 39.1 Å². The predicted molar refractivity (Wildman–Crippen MR) is 59.6 cm³/mol. The maximum absolute atomic E-state index is 9.67. The molecule has 1 aromatic rings. The second kappa shape index (κ2) is 4.02. The normalized spacial score (nSPS) is 21.0. The summed E-state index contributed by atoms with van der Waals surface area (Å²) in [5.74, 6) is 2.55. The van der Waals surface area contributed by atoms with Crippen LogP contribution in [0.15, 0.2) is 30.1 Å². The maximum Gasteiger partial charge on any atom is 0.127 e. The van der Waals surface area contributed by atoms with Crippen LogP contribution >= 0.6 is 7.92 Å². The molecule has 1 aromatic carbocycles. The Labute approximate surface area is 84.6 Å². The molecule has 0 saturated carbocycles. The molecule has 0 saturated heterocycles. The maximum atomic E-state index is 9.67. The van der Waals surface area contributed by atoms with Crippen molar-refractivity contribution in [3.63, 3.8) is 0 Å². The number of phenols is 2. The third-order valence-corrected chi connectivity index (χ3v) is 4.69. The zero-order valence-corrected chi connectivity index (χ0v) is 8.74. The highest BCUT2D eigenvalue weighted by molar-refractivity contribution is 7.68. The summed E-state index contributed by atoms with van der Waals surface area (Å²) in [7, 11) is -0.342. The van der Waals surface area contributed by atoms with Crippen LogP contribution in [0.2, 0.25) is 0 Å². The number of rotatable bonds is 1. The molecule has 3 heteroatoms. The lowest BCUT2D eigenvalue weighted by Crippen LogP contribution is -2.04. The first-order valence-electron chi connectivity index (χ1n) is 4.72. The first-order chi connectivity index (χ1) is 6.77. The average molecular weight is 208 g/mol. The van der Waals surface area contributed by atoms with Gasteiger partial charge in [0.25, 0.3) is 0 Å². The molecule has 0 amide bonds. The molecule has 2 N–H and O–H groups in total. The zero-order valence-electron chi connectivity index (χ0n) is 7.85. The van der Waals surface area contributed by atoms with Crippen LogP contribution < -0.4 is 5.30 Å². The van der Waals surface area contributed by atoms with Gasteiger partial charge in [-0.1, -0.05) is 11.9 Å². The van der Waals surface area contributed by atoms with Gasteiger partial charge in [0.05, 0.1) is 0 Å². The van der Waals surface area contributed by atoms with Crippen molar-refractivity contribution in [3.8, 4) is 11.5 Å². The van der Waals surface area contributed by atoms with E-state index in [0.717, 1.165) is 17.9 Å². The van der Waals surface area contributed by atoms with E-state index in [1.807, 2.05) is 6.07 Å². The number of aromatic hydroxyl groups is 2. The summed E-state index contributed by atoms with van der Waals surface area (Å²) < 4.78 is 0. The molecule has 1 atom stereocenters. The van der Waals surface area contributed by atoms with Gasteiger partial charge in [0.2, 0.25) is 0 Å². The fraction of sp³-hybridized carbons (Fsp3) is 0.273. The van der Waals surface area contributed by atoms with Crippen molar-refractivity contribution < 1.29 is 10.2 Å². The van der Waals surface area contributed by atoms with Gasteiger partial charge in [0.15, 0.2) is 0 Å². The summed E-state index contributed by atoms with van der Waals surface area (Å²) in [5.41, 5.74) is 0. The van der Waals surface area contributed by atoms with Crippen molar-refractivity contribution in [3.05, 3.63) is 30.1 Å². The molecule has 1 aliphatic heterocycles. The van der Waals surface area contributed by atoms with Crippen LogP contribution in [-0.4, -0.2) is 16.4 Å².